The van der Waals surface area contributed by atoms with Crippen LogP contribution in [0.4, 0.5) is 5.69 Å². The number of carboxylic acid groups (broad SMARTS) is 1. The summed E-state index contributed by atoms with van der Waals surface area (Å²) in [5.41, 5.74) is 0.776. The molecule has 0 fully saturated rings. The molecule has 90 valence electrons. The second kappa shape index (κ2) is 5.64. The Bertz CT molecular complexity index is 457. The first-order chi connectivity index (χ1) is 8.02. The summed E-state index contributed by atoms with van der Waals surface area (Å²) in [6.07, 6.45) is -0.607. The van der Waals surface area contributed by atoms with E-state index in [1.54, 1.807) is 18.2 Å². The van der Waals surface area contributed by atoms with Gasteiger partial charge in [-0.1, -0.05) is 6.07 Å². The van der Waals surface area contributed by atoms with E-state index < -0.39 is 18.3 Å². The highest BCUT2D eigenvalue weighted by Crippen LogP contribution is 2.10. The van der Waals surface area contributed by atoms with E-state index in [2.05, 4.69) is 10.6 Å². The lowest BCUT2D eigenvalue weighted by molar-refractivity contribution is -0.139. The van der Waals surface area contributed by atoms with Crippen molar-refractivity contribution in [1.29, 1.82) is 0 Å². The maximum Gasteiger partial charge on any atom is 0.312 e. The fourth-order valence-corrected chi connectivity index (χ4v) is 1.23. The van der Waals surface area contributed by atoms with Crippen molar-refractivity contribution in [3.63, 3.8) is 0 Å². The highest BCUT2D eigenvalue weighted by Gasteiger charge is 2.09. The Morgan fingerprint density at radius 2 is 2.00 bits per heavy atom. The Morgan fingerprint density at radius 3 is 2.59 bits per heavy atom. The molecule has 0 heterocycles. The second-order valence-corrected chi connectivity index (χ2v) is 3.28. The Hall–Kier alpha value is -2.37. The summed E-state index contributed by atoms with van der Waals surface area (Å²) in [6, 6.07) is 6.23. The number of carbonyl (C=O) groups is 3. The molecule has 0 aliphatic rings. The molecule has 0 aromatic heterocycles. The van der Waals surface area contributed by atoms with Gasteiger partial charge in [0.1, 0.15) is 6.42 Å². The first-order valence-corrected chi connectivity index (χ1v) is 4.86. The van der Waals surface area contributed by atoms with Gasteiger partial charge in [-0.25, -0.2) is 0 Å². The van der Waals surface area contributed by atoms with Crippen LogP contribution in [0.15, 0.2) is 24.3 Å². The number of rotatable bonds is 4. The van der Waals surface area contributed by atoms with Crippen LogP contribution in [0, 0.1) is 0 Å². The largest absolute Gasteiger partial charge is 0.481 e. The van der Waals surface area contributed by atoms with Gasteiger partial charge < -0.3 is 15.7 Å². The van der Waals surface area contributed by atoms with Crippen LogP contribution in [0.3, 0.4) is 0 Å². The molecule has 1 aromatic carbocycles. The van der Waals surface area contributed by atoms with Crippen LogP contribution in [0.2, 0.25) is 0 Å². The number of aliphatic carboxylic acids is 1. The zero-order valence-electron chi connectivity index (χ0n) is 9.19. The molecule has 0 unspecified atom stereocenters. The summed E-state index contributed by atoms with van der Waals surface area (Å²) in [5.74, 6) is -2.11. The number of hydrogen-bond donors (Lipinski definition) is 3. The molecule has 1 aromatic rings. The Kier molecular flexibility index (Phi) is 4.21. The van der Waals surface area contributed by atoms with Gasteiger partial charge in [0.25, 0.3) is 5.91 Å². The van der Waals surface area contributed by atoms with E-state index in [0.717, 1.165) is 0 Å². The highest BCUT2D eigenvalue weighted by atomic mass is 16.4. The highest BCUT2D eigenvalue weighted by molar-refractivity contribution is 6.02. The van der Waals surface area contributed by atoms with Gasteiger partial charge >= 0.3 is 5.97 Å². The van der Waals surface area contributed by atoms with Crippen molar-refractivity contribution in [2.45, 2.75) is 6.42 Å². The zero-order chi connectivity index (χ0) is 12.8. The van der Waals surface area contributed by atoms with Crippen LogP contribution >= 0.6 is 0 Å². The van der Waals surface area contributed by atoms with Crippen molar-refractivity contribution in [3.05, 3.63) is 29.8 Å². The number of benzene rings is 1. The van der Waals surface area contributed by atoms with Crippen molar-refractivity contribution in [2.24, 2.45) is 0 Å². The van der Waals surface area contributed by atoms with Gasteiger partial charge in [-0.15, -0.1) is 0 Å². The van der Waals surface area contributed by atoms with Crippen LogP contribution < -0.4 is 10.6 Å². The van der Waals surface area contributed by atoms with E-state index in [1.807, 2.05) is 0 Å². The van der Waals surface area contributed by atoms with E-state index >= 15 is 0 Å². The quantitative estimate of drug-likeness (QED) is 0.662. The van der Waals surface area contributed by atoms with Gasteiger partial charge in [-0.2, -0.15) is 0 Å². The molecule has 0 saturated carbocycles. The van der Waals surface area contributed by atoms with E-state index in [1.165, 1.54) is 13.1 Å². The predicted octanol–water partition coefficient (Wildman–Crippen LogP) is 0.459. The van der Waals surface area contributed by atoms with Crippen LogP contribution in [0.1, 0.15) is 16.8 Å². The predicted molar refractivity (Wildman–Crippen MR) is 60.7 cm³/mol. The minimum absolute atomic E-state index is 0.278. The van der Waals surface area contributed by atoms with Crippen LogP contribution in [0.25, 0.3) is 0 Å². The topological polar surface area (TPSA) is 95.5 Å². The molecule has 6 heteroatoms. The van der Waals surface area contributed by atoms with Gasteiger partial charge in [-0.3, -0.25) is 14.4 Å². The van der Waals surface area contributed by atoms with Crippen LogP contribution in [-0.2, 0) is 9.59 Å². The maximum absolute atomic E-state index is 11.3. The summed E-state index contributed by atoms with van der Waals surface area (Å²) in [4.78, 5) is 32.8. The molecule has 3 N–H and O–H groups in total. The smallest absolute Gasteiger partial charge is 0.312 e. The third-order valence-electron chi connectivity index (χ3n) is 1.95. The Morgan fingerprint density at radius 1 is 1.29 bits per heavy atom. The molecule has 0 saturated heterocycles. The van der Waals surface area contributed by atoms with Gasteiger partial charge in [0.15, 0.2) is 0 Å². The minimum atomic E-state index is -1.20. The number of carbonyl (C=O) groups excluding carboxylic acids is 2. The average Bonchev–Trinajstić information content (AvgIpc) is 2.27. The zero-order valence-corrected chi connectivity index (χ0v) is 9.19. The molecule has 0 aliphatic heterocycles. The molecule has 1 rings (SSSR count). The SMILES string of the molecule is CNC(=O)c1cccc(NC(=O)CC(=O)O)c1. The van der Waals surface area contributed by atoms with E-state index in [9.17, 15) is 14.4 Å². The molecule has 0 aliphatic carbocycles. The first kappa shape index (κ1) is 12.7. The molecule has 6 nitrogen and oxygen atoms in total. The van der Waals surface area contributed by atoms with Gasteiger partial charge in [0.05, 0.1) is 0 Å². The van der Waals surface area contributed by atoms with Crippen molar-refractivity contribution >= 4 is 23.5 Å². The molecule has 0 bridgehead atoms. The van der Waals surface area contributed by atoms with Crippen LogP contribution in [0.5, 0.6) is 0 Å². The molecule has 0 spiro atoms. The summed E-state index contributed by atoms with van der Waals surface area (Å²) in [7, 11) is 1.50. The Balaban J connectivity index is 2.75. The summed E-state index contributed by atoms with van der Waals surface area (Å²) in [5, 5.41) is 13.3. The molecule has 0 atom stereocenters. The second-order valence-electron chi connectivity index (χ2n) is 3.28. The molecule has 0 radical (unpaired) electrons. The normalized spacial score (nSPS) is 9.47. The van der Waals surface area contributed by atoms with Gasteiger partial charge in [0, 0.05) is 18.3 Å². The minimum Gasteiger partial charge on any atom is -0.481 e. The number of amides is 2. The fraction of sp³-hybridized carbons (Fsp3) is 0.182. The van der Waals surface area contributed by atoms with E-state index in [0.29, 0.717) is 11.3 Å². The van der Waals surface area contributed by atoms with Crippen molar-refractivity contribution in [3.8, 4) is 0 Å². The summed E-state index contributed by atoms with van der Waals surface area (Å²) < 4.78 is 0. The van der Waals surface area contributed by atoms with Crippen molar-refractivity contribution < 1.29 is 19.5 Å². The van der Waals surface area contributed by atoms with Gasteiger partial charge in [-0.05, 0) is 18.2 Å². The Labute approximate surface area is 97.6 Å². The number of anilines is 1. The van der Waals surface area contributed by atoms with E-state index in [-0.39, 0.29) is 5.91 Å². The average molecular weight is 236 g/mol. The maximum atomic E-state index is 11.3. The third-order valence-corrected chi connectivity index (χ3v) is 1.95. The fourth-order valence-electron chi connectivity index (χ4n) is 1.23. The molecule has 17 heavy (non-hydrogen) atoms. The van der Waals surface area contributed by atoms with Crippen molar-refractivity contribution in [1.82, 2.24) is 5.32 Å². The van der Waals surface area contributed by atoms with Gasteiger partial charge in [0.2, 0.25) is 5.91 Å². The standard InChI is InChI=1S/C11H12N2O4/c1-12-11(17)7-3-2-4-8(5-7)13-9(14)6-10(15)16/h2-5H,6H2,1H3,(H,12,17)(H,13,14)(H,15,16). The number of carboxylic acids is 1. The number of nitrogens with one attached hydrogen (secondary N) is 2. The monoisotopic (exact) mass is 236 g/mol. The first-order valence-electron chi connectivity index (χ1n) is 4.86. The third kappa shape index (κ3) is 3.94. The van der Waals surface area contributed by atoms with Crippen molar-refractivity contribution in [2.75, 3.05) is 12.4 Å². The molecular formula is C11H12N2O4. The summed E-state index contributed by atoms with van der Waals surface area (Å²) >= 11 is 0. The lowest BCUT2D eigenvalue weighted by Crippen LogP contribution is -2.19. The molecule has 2 amide bonds. The lowest BCUT2D eigenvalue weighted by Gasteiger charge is -2.05. The van der Waals surface area contributed by atoms with E-state index in [4.69, 9.17) is 5.11 Å². The van der Waals surface area contributed by atoms with Crippen LogP contribution in [-0.4, -0.2) is 29.9 Å². The molecular weight excluding hydrogens is 224 g/mol. The number of hydrogen-bond acceptors (Lipinski definition) is 3. The lowest BCUT2D eigenvalue weighted by atomic mass is 10.2. The summed E-state index contributed by atoms with van der Waals surface area (Å²) in [6.45, 7) is 0.